The molecule has 0 amide bonds. The number of hydrogen-bond donors (Lipinski definition) is 0. The quantitative estimate of drug-likeness (QED) is 0.387. The first kappa shape index (κ1) is 20.8. The van der Waals surface area contributed by atoms with Crippen LogP contribution in [0.2, 0.25) is 0 Å². The molecule has 0 bridgehead atoms. The van der Waals surface area contributed by atoms with Crippen molar-refractivity contribution in [2.75, 3.05) is 6.79 Å². The van der Waals surface area contributed by atoms with Gasteiger partial charge in [0.1, 0.15) is 12.4 Å². The van der Waals surface area contributed by atoms with E-state index in [9.17, 15) is 14.0 Å². The summed E-state index contributed by atoms with van der Waals surface area (Å²) in [6.45, 7) is -0.0910. The van der Waals surface area contributed by atoms with Gasteiger partial charge in [-0.1, -0.05) is 47.6 Å². The van der Waals surface area contributed by atoms with E-state index in [1.165, 1.54) is 16.7 Å². The Morgan fingerprint density at radius 3 is 2.40 bits per heavy atom. The smallest absolute Gasteiger partial charge is 0.332 e. The van der Waals surface area contributed by atoms with Crippen LogP contribution in [-0.4, -0.2) is 26.1 Å². The molecular weight excluding hydrogens is 455 g/mol. The highest BCUT2D eigenvalue weighted by molar-refractivity contribution is 5.82. The van der Waals surface area contributed by atoms with E-state index in [0.29, 0.717) is 28.4 Å². The molecule has 0 radical (unpaired) electrons. The summed E-state index contributed by atoms with van der Waals surface area (Å²) >= 11 is 0. The van der Waals surface area contributed by atoms with E-state index < -0.39 is 11.2 Å². The Morgan fingerprint density at radius 1 is 0.886 bits per heavy atom. The second-order valence-electron chi connectivity index (χ2n) is 7.99. The molecule has 0 unspecified atom stereocenters. The zero-order valence-corrected chi connectivity index (χ0v) is 18.2. The number of nitrogens with zero attached hydrogens (tertiary/aromatic N) is 4. The average molecular weight is 472 g/mol. The molecule has 0 N–H and O–H groups in total. The summed E-state index contributed by atoms with van der Waals surface area (Å²) in [5.41, 5.74) is 0.695. The molecule has 0 spiro atoms. The number of ether oxygens (including phenoxy) is 2. The number of benzene rings is 3. The Hall–Kier alpha value is -4.73. The van der Waals surface area contributed by atoms with Crippen LogP contribution in [0.1, 0.15) is 11.5 Å². The number of hydrogen-bond acceptors (Lipinski definition) is 7. The lowest BCUT2D eigenvalue weighted by Gasteiger charge is -2.14. The highest BCUT2D eigenvalue weighted by Gasteiger charge is 2.22. The molecule has 3 heterocycles. The van der Waals surface area contributed by atoms with Crippen molar-refractivity contribution in [3.05, 3.63) is 105 Å². The van der Waals surface area contributed by atoms with Crippen LogP contribution in [0.25, 0.3) is 22.3 Å². The molecule has 0 atom stereocenters. The van der Waals surface area contributed by atoms with Gasteiger partial charge in [-0.25, -0.2) is 9.18 Å². The van der Waals surface area contributed by atoms with Gasteiger partial charge >= 0.3 is 5.69 Å². The normalized spacial score (nSPS) is 12.4. The molecule has 3 aromatic carbocycles. The van der Waals surface area contributed by atoms with Crippen LogP contribution >= 0.6 is 0 Å². The van der Waals surface area contributed by atoms with Crippen LogP contribution in [0.4, 0.5) is 4.39 Å². The van der Waals surface area contributed by atoms with E-state index >= 15 is 0 Å². The fraction of sp³-hybridized carbons (Fsp3) is 0.120. The van der Waals surface area contributed by atoms with Gasteiger partial charge in [-0.15, -0.1) is 0 Å². The Balaban J connectivity index is 1.48. The summed E-state index contributed by atoms with van der Waals surface area (Å²) in [7, 11) is 0. The minimum absolute atomic E-state index is 0.0201. The third kappa shape index (κ3) is 3.74. The summed E-state index contributed by atoms with van der Waals surface area (Å²) in [5.74, 6) is 0.925. The van der Waals surface area contributed by atoms with Crippen molar-refractivity contribution in [1.29, 1.82) is 0 Å². The van der Waals surface area contributed by atoms with Crippen LogP contribution < -0.4 is 20.7 Å². The van der Waals surface area contributed by atoms with Gasteiger partial charge < -0.3 is 14.0 Å². The number of rotatable bonds is 5. The van der Waals surface area contributed by atoms with E-state index in [0.717, 1.165) is 10.1 Å². The van der Waals surface area contributed by atoms with Gasteiger partial charge in [-0.05, 0) is 23.8 Å². The standard InChI is InChI=1S/C25H17FN4O5/c26-17-8-6-15(7-9-17)12-29-19-11-21-20(33-14-34-21)10-18(19)24(31)30(25(29)32)13-22-27-23(28-35-22)16-4-2-1-3-5-16/h1-11H,12-14H2. The maximum absolute atomic E-state index is 13.5. The molecule has 6 rings (SSSR count). The Morgan fingerprint density at radius 2 is 1.63 bits per heavy atom. The predicted octanol–water partition coefficient (Wildman–Crippen LogP) is 3.18. The molecule has 0 saturated heterocycles. The first-order chi connectivity index (χ1) is 17.1. The molecule has 9 nitrogen and oxygen atoms in total. The molecule has 174 valence electrons. The summed E-state index contributed by atoms with van der Waals surface area (Å²) < 4.78 is 32.1. The number of halogens is 1. The Kier molecular flexibility index (Phi) is 4.91. The molecule has 0 fully saturated rings. The van der Waals surface area contributed by atoms with Crippen molar-refractivity contribution >= 4 is 10.9 Å². The SMILES string of the molecule is O=c1c2cc3c(cc2n(Cc2ccc(F)cc2)c(=O)n1Cc1nc(-c2ccccc2)no1)OCO3. The fourth-order valence-electron chi connectivity index (χ4n) is 4.03. The van der Waals surface area contributed by atoms with Crippen LogP contribution in [0.3, 0.4) is 0 Å². The molecule has 1 aliphatic heterocycles. The molecule has 0 aliphatic carbocycles. The third-order valence-corrected chi connectivity index (χ3v) is 5.77. The summed E-state index contributed by atoms with van der Waals surface area (Å²) in [5, 5.41) is 4.23. The van der Waals surface area contributed by atoms with Crippen molar-refractivity contribution in [2.45, 2.75) is 13.1 Å². The van der Waals surface area contributed by atoms with E-state index in [-0.39, 0.29) is 37.0 Å². The van der Waals surface area contributed by atoms with Crippen LogP contribution in [-0.2, 0) is 13.1 Å². The maximum Gasteiger partial charge on any atom is 0.332 e. The van der Waals surface area contributed by atoms with Crippen molar-refractivity contribution < 1.29 is 18.4 Å². The largest absolute Gasteiger partial charge is 0.454 e. The lowest BCUT2D eigenvalue weighted by molar-refractivity contribution is 0.174. The lowest BCUT2D eigenvalue weighted by atomic mass is 10.2. The summed E-state index contributed by atoms with van der Waals surface area (Å²) in [4.78, 5) is 31.3. The minimum Gasteiger partial charge on any atom is -0.454 e. The highest BCUT2D eigenvalue weighted by atomic mass is 19.1. The monoisotopic (exact) mass is 472 g/mol. The number of aromatic nitrogens is 4. The zero-order valence-electron chi connectivity index (χ0n) is 18.2. The van der Waals surface area contributed by atoms with E-state index in [1.807, 2.05) is 30.3 Å². The van der Waals surface area contributed by atoms with Gasteiger partial charge in [0.05, 0.1) is 17.4 Å². The first-order valence-corrected chi connectivity index (χ1v) is 10.8. The molecule has 0 saturated carbocycles. The summed E-state index contributed by atoms with van der Waals surface area (Å²) in [6, 6.07) is 18.2. The van der Waals surface area contributed by atoms with Crippen LogP contribution in [0, 0.1) is 5.82 Å². The van der Waals surface area contributed by atoms with Gasteiger partial charge in [0, 0.05) is 11.6 Å². The van der Waals surface area contributed by atoms with Gasteiger partial charge in [0.25, 0.3) is 5.56 Å². The van der Waals surface area contributed by atoms with Crippen molar-refractivity contribution in [1.82, 2.24) is 19.3 Å². The van der Waals surface area contributed by atoms with Gasteiger partial charge in [0.2, 0.25) is 18.5 Å². The van der Waals surface area contributed by atoms with Crippen LogP contribution in [0.15, 0.2) is 80.8 Å². The molecule has 35 heavy (non-hydrogen) atoms. The lowest BCUT2D eigenvalue weighted by Crippen LogP contribution is -2.40. The van der Waals surface area contributed by atoms with Gasteiger partial charge in [-0.2, -0.15) is 4.98 Å². The second-order valence-corrected chi connectivity index (χ2v) is 7.99. The molecule has 10 heteroatoms. The van der Waals surface area contributed by atoms with E-state index in [4.69, 9.17) is 14.0 Å². The fourth-order valence-corrected chi connectivity index (χ4v) is 4.03. The highest BCUT2D eigenvalue weighted by Crippen LogP contribution is 2.34. The topological polar surface area (TPSA) is 101 Å². The average Bonchev–Trinajstić information content (AvgIpc) is 3.54. The molecular formula is C25H17FN4O5. The molecule has 5 aromatic rings. The number of fused-ring (bicyclic) bond motifs is 2. The predicted molar refractivity (Wildman–Crippen MR) is 123 cm³/mol. The molecule has 1 aliphatic rings. The van der Waals surface area contributed by atoms with Gasteiger partial charge in [-0.3, -0.25) is 13.9 Å². The minimum atomic E-state index is -0.579. The van der Waals surface area contributed by atoms with Gasteiger partial charge in [0.15, 0.2) is 11.5 Å². The first-order valence-electron chi connectivity index (χ1n) is 10.8. The van der Waals surface area contributed by atoms with E-state index in [1.54, 1.807) is 24.3 Å². The Labute approximate surface area is 196 Å². The van der Waals surface area contributed by atoms with Crippen LogP contribution in [0.5, 0.6) is 11.5 Å². The van der Waals surface area contributed by atoms with E-state index in [2.05, 4.69) is 10.1 Å². The van der Waals surface area contributed by atoms with Crippen molar-refractivity contribution in [3.8, 4) is 22.9 Å². The van der Waals surface area contributed by atoms with Crippen molar-refractivity contribution in [2.24, 2.45) is 0 Å². The third-order valence-electron chi connectivity index (χ3n) is 5.77. The van der Waals surface area contributed by atoms with Crippen molar-refractivity contribution in [3.63, 3.8) is 0 Å². The Bertz CT molecular complexity index is 1670. The zero-order chi connectivity index (χ0) is 23.9. The maximum atomic E-state index is 13.5. The second kappa shape index (κ2) is 8.24. The summed E-state index contributed by atoms with van der Waals surface area (Å²) in [6.07, 6.45) is 0. The molecule has 2 aromatic heterocycles.